The van der Waals surface area contributed by atoms with Gasteiger partial charge in [-0.1, -0.05) is 31.9 Å². The second-order valence-corrected chi connectivity index (χ2v) is 6.83. The van der Waals surface area contributed by atoms with Crippen LogP contribution in [0, 0.1) is 0 Å². The Morgan fingerprint density at radius 2 is 1.09 bits per heavy atom. The van der Waals surface area contributed by atoms with E-state index in [2.05, 4.69) is 31.9 Å². The second-order valence-electron chi connectivity index (χ2n) is 5.00. The summed E-state index contributed by atoms with van der Waals surface area (Å²) in [5, 5.41) is 2.14. The van der Waals surface area contributed by atoms with E-state index in [1.807, 2.05) is 60.7 Å². The monoisotopic (exact) mass is 416 g/mol. The van der Waals surface area contributed by atoms with Gasteiger partial charge in [-0.25, -0.2) is 0 Å². The largest absolute Gasteiger partial charge is 0.457 e. The number of hydrogen-bond donors (Lipinski definition) is 0. The van der Waals surface area contributed by atoms with E-state index in [0.29, 0.717) is 0 Å². The first-order valence-electron chi connectivity index (χ1n) is 6.74. The maximum atomic E-state index is 5.78. The molecule has 0 aliphatic rings. The molecule has 4 rings (SSSR count). The lowest BCUT2D eigenvalue weighted by Crippen LogP contribution is -1.62. The number of fused-ring (bicyclic) bond motifs is 2. The van der Waals surface area contributed by atoms with Crippen molar-refractivity contribution in [2.45, 2.75) is 0 Å². The average molecular weight is 418 g/mol. The van der Waals surface area contributed by atoms with Crippen LogP contribution in [0.25, 0.3) is 34.1 Å². The molecular formula is C18H10Br2O2. The topological polar surface area (TPSA) is 26.3 Å². The molecule has 2 nitrogen and oxygen atoms in total. The van der Waals surface area contributed by atoms with Gasteiger partial charge < -0.3 is 8.83 Å². The lowest BCUT2D eigenvalue weighted by molar-refractivity contribution is 0.599. The first kappa shape index (κ1) is 13.9. The van der Waals surface area contributed by atoms with Crippen molar-refractivity contribution in [2.75, 3.05) is 0 Å². The molecule has 4 aromatic rings. The van der Waals surface area contributed by atoms with Crippen LogP contribution in [0.1, 0.15) is 11.5 Å². The molecule has 0 saturated carbocycles. The lowest BCUT2D eigenvalue weighted by atomic mass is 10.2. The Labute approximate surface area is 143 Å². The van der Waals surface area contributed by atoms with Crippen LogP contribution in [-0.4, -0.2) is 0 Å². The molecule has 0 aliphatic carbocycles. The minimum atomic E-state index is 0.801. The third kappa shape index (κ3) is 2.64. The fourth-order valence-electron chi connectivity index (χ4n) is 2.40. The Balaban J connectivity index is 1.68. The number of hydrogen-bond acceptors (Lipinski definition) is 2. The molecule has 2 aromatic carbocycles. The fraction of sp³-hybridized carbons (Fsp3) is 0. The zero-order valence-electron chi connectivity index (χ0n) is 11.3. The molecule has 108 valence electrons. The summed E-state index contributed by atoms with van der Waals surface area (Å²) >= 11 is 6.93. The molecule has 0 fully saturated rings. The zero-order chi connectivity index (χ0) is 15.1. The van der Waals surface area contributed by atoms with Gasteiger partial charge in [0.25, 0.3) is 0 Å². The molecule has 0 bridgehead atoms. The Hall–Kier alpha value is -1.78. The van der Waals surface area contributed by atoms with E-state index in [9.17, 15) is 0 Å². The minimum Gasteiger partial charge on any atom is -0.457 e. The molecule has 0 saturated heterocycles. The molecule has 2 heterocycles. The number of furan rings is 2. The highest BCUT2D eigenvalue weighted by Crippen LogP contribution is 2.26. The predicted molar refractivity (Wildman–Crippen MR) is 96.8 cm³/mol. The number of halogens is 2. The molecule has 0 spiro atoms. The van der Waals surface area contributed by atoms with E-state index in [0.717, 1.165) is 42.4 Å². The van der Waals surface area contributed by atoms with Crippen molar-refractivity contribution in [3.8, 4) is 0 Å². The van der Waals surface area contributed by atoms with Crippen LogP contribution in [0.15, 0.2) is 66.3 Å². The first-order chi connectivity index (χ1) is 10.7. The van der Waals surface area contributed by atoms with Crippen molar-refractivity contribution in [3.05, 3.63) is 69.0 Å². The van der Waals surface area contributed by atoms with Gasteiger partial charge in [0.05, 0.1) is 0 Å². The van der Waals surface area contributed by atoms with Gasteiger partial charge in [-0.3, -0.25) is 0 Å². The molecule has 4 heteroatoms. The summed E-state index contributed by atoms with van der Waals surface area (Å²) in [5.74, 6) is 1.60. The quantitative estimate of drug-likeness (QED) is 0.355. The highest BCUT2D eigenvalue weighted by Gasteiger charge is 2.04. The van der Waals surface area contributed by atoms with Crippen molar-refractivity contribution in [1.29, 1.82) is 0 Å². The van der Waals surface area contributed by atoms with Crippen molar-refractivity contribution in [2.24, 2.45) is 0 Å². The van der Waals surface area contributed by atoms with E-state index in [1.54, 1.807) is 0 Å². The van der Waals surface area contributed by atoms with Crippen molar-refractivity contribution >= 4 is 66.0 Å². The van der Waals surface area contributed by atoms with Crippen LogP contribution in [0.2, 0.25) is 0 Å². The van der Waals surface area contributed by atoms with Crippen molar-refractivity contribution in [3.63, 3.8) is 0 Å². The molecule has 0 atom stereocenters. The molecule has 2 aromatic heterocycles. The fourth-order valence-corrected chi connectivity index (χ4v) is 3.16. The van der Waals surface area contributed by atoms with Crippen LogP contribution in [0.3, 0.4) is 0 Å². The van der Waals surface area contributed by atoms with Gasteiger partial charge in [-0.05, 0) is 60.7 Å². The van der Waals surface area contributed by atoms with Crippen LogP contribution in [-0.2, 0) is 0 Å². The third-order valence-corrected chi connectivity index (χ3v) is 4.39. The van der Waals surface area contributed by atoms with Gasteiger partial charge in [-0.15, -0.1) is 0 Å². The summed E-state index contributed by atoms with van der Waals surface area (Å²) in [5.41, 5.74) is 1.74. The van der Waals surface area contributed by atoms with Gasteiger partial charge in [-0.2, -0.15) is 0 Å². The molecule has 0 unspecified atom stereocenters. The molecule has 0 radical (unpaired) electrons. The van der Waals surface area contributed by atoms with E-state index < -0.39 is 0 Å². The third-order valence-electron chi connectivity index (χ3n) is 3.41. The lowest BCUT2D eigenvalue weighted by Gasteiger charge is -1.88. The Kier molecular flexibility index (Phi) is 3.43. The average Bonchev–Trinajstić information content (AvgIpc) is 3.07. The summed E-state index contributed by atoms with van der Waals surface area (Å²) in [6.45, 7) is 0. The summed E-state index contributed by atoms with van der Waals surface area (Å²) in [6, 6.07) is 15.9. The smallest absolute Gasteiger partial charge is 0.134 e. The van der Waals surface area contributed by atoms with Crippen molar-refractivity contribution in [1.82, 2.24) is 0 Å². The SMILES string of the molecule is Brc1ccc2oc(/C=C\c3cc4cc(Br)ccc4o3)cc2c1. The molecule has 22 heavy (non-hydrogen) atoms. The van der Waals surface area contributed by atoms with Gasteiger partial charge in [0.1, 0.15) is 22.7 Å². The van der Waals surface area contributed by atoms with Gasteiger partial charge >= 0.3 is 0 Å². The summed E-state index contributed by atoms with van der Waals surface area (Å²) < 4.78 is 13.6. The highest BCUT2D eigenvalue weighted by atomic mass is 79.9. The van der Waals surface area contributed by atoms with E-state index in [-0.39, 0.29) is 0 Å². The number of rotatable bonds is 2. The normalized spacial score (nSPS) is 11.9. The number of benzene rings is 2. The molecule has 0 amide bonds. The maximum absolute atomic E-state index is 5.78. The van der Waals surface area contributed by atoms with Crippen LogP contribution < -0.4 is 0 Å². The van der Waals surface area contributed by atoms with Crippen LogP contribution in [0.5, 0.6) is 0 Å². The highest BCUT2D eigenvalue weighted by molar-refractivity contribution is 9.10. The Morgan fingerprint density at radius 1 is 0.636 bits per heavy atom. The molecular weight excluding hydrogens is 408 g/mol. The summed E-state index contributed by atoms with van der Waals surface area (Å²) in [6.07, 6.45) is 3.83. The molecule has 0 aliphatic heterocycles. The summed E-state index contributed by atoms with van der Waals surface area (Å²) in [7, 11) is 0. The van der Waals surface area contributed by atoms with E-state index >= 15 is 0 Å². The summed E-state index contributed by atoms with van der Waals surface area (Å²) in [4.78, 5) is 0. The van der Waals surface area contributed by atoms with Gasteiger partial charge in [0.15, 0.2) is 0 Å². The predicted octanol–water partition coefficient (Wildman–Crippen LogP) is 6.87. The standard InChI is InChI=1S/C18H10Br2O2/c19-13-1-5-17-11(7-13)9-15(21-17)3-4-16-10-12-8-14(20)2-6-18(12)22-16/h1-10H/b4-3-. The van der Waals surface area contributed by atoms with Gasteiger partial charge in [0.2, 0.25) is 0 Å². The van der Waals surface area contributed by atoms with Crippen LogP contribution in [0.4, 0.5) is 0 Å². The first-order valence-corrected chi connectivity index (χ1v) is 8.32. The minimum absolute atomic E-state index is 0.801. The van der Waals surface area contributed by atoms with Gasteiger partial charge in [0, 0.05) is 19.7 Å². The van der Waals surface area contributed by atoms with E-state index in [1.165, 1.54) is 0 Å². The second kappa shape index (κ2) is 5.45. The van der Waals surface area contributed by atoms with E-state index in [4.69, 9.17) is 8.83 Å². The maximum Gasteiger partial charge on any atom is 0.134 e. The zero-order valence-corrected chi connectivity index (χ0v) is 14.5. The Bertz CT molecular complexity index is 926. The van der Waals surface area contributed by atoms with Crippen LogP contribution >= 0.6 is 31.9 Å². The molecule has 0 N–H and O–H groups in total. The van der Waals surface area contributed by atoms with Crippen molar-refractivity contribution < 1.29 is 8.83 Å². The Morgan fingerprint density at radius 3 is 1.55 bits per heavy atom.